The Balaban J connectivity index is 2.27. The number of carbonyl (C=O) groups excluding carboxylic acids is 2. The number of esters is 1. The van der Waals surface area contributed by atoms with Gasteiger partial charge in [-0.2, -0.15) is 4.98 Å². The summed E-state index contributed by atoms with van der Waals surface area (Å²) >= 11 is 0. The van der Waals surface area contributed by atoms with Crippen LogP contribution in [0.2, 0.25) is 0 Å². The molecule has 118 valence electrons. The molecule has 1 aromatic rings. The first-order chi connectivity index (χ1) is 9.81. The number of carbonyl (C=O) groups is 2. The molecule has 8 nitrogen and oxygen atoms in total. The molecule has 2 N–H and O–H groups in total. The van der Waals surface area contributed by atoms with E-state index in [0.29, 0.717) is 13.1 Å². The van der Waals surface area contributed by atoms with Gasteiger partial charge in [0, 0.05) is 13.1 Å². The minimum Gasteiger partial charge on any atom is -0.461 e. The van der Waals surface area contributed by atoms with Crippen molar-refractivity contribution in [3.63, 3.8) is 0 Å². The lowest BCUT2D eigenvalue weighted by Crippen LogP contribution is -2.35. The van der Waals surface area contributed by atoms with Gasteiger partial charge in [-0.1, -0.05) is 0 Å². The molecule has 0 unspecified atom stereocenters. The Kier molecular flexibility index (Phi) is 6.01. The van der Waals surface area contributed by atoms with Crippen molar-refractivity contribution in [3.8, 4) is 0 Å². The van der Waals surface area contributed by atoms with Crippen LogP contribution in [0.15, 0.2) is 10.7 Å². The Hall–Kier alpha value is -2.25. The van der Waals surface area contributed by atoms with Gasteiger partial charge in [0.1, 0.15) is 11.9 Å². The van der Waals surface area contributed by atoms with E-state index in [-0.39, 0.29) is 18.3 Å². The van der Waals surface area contributed by atoms with E-state index < -0.39 is 17.7 Å². The summed E-state index contributed by atoms with van der Waals surface area (Å²) in [6, 6.07) is 0.184. The first kappa shape index (κ1) is 16.8. The molecule has 0 aliphatic rings. The predicted octanol–water partition coefficient (Wildman–Crippen LogP) is 1.79. The summed E-state index contributed by atoms with van der Waals surface area (Å²) in [5, 5.41) is 5.40. The van der Waals surface area contributed by atoms with Crippen LogP contribution in [0.1, 0.15) is 38.2 Å². The third kappa shape index (κ3) is 6.64. The van der Waals surface area contributed by atoms with E-state index in [4.69, 9.17) is 13.9 Å². The third-order valence-corrected chi connectivity index (χ3v) is 2.06. The molecule has 0 saturated carbocycles. The lowest BCUT2D eigenvalue weighted by molar-refractivity contribution is 0.0513. The molecule has 0 aliphatic heterocycles. The van der Waals surface area contributed by atoms with Crippen LogP contribution >= 0.6 is 0 Å². The summed E-state index contributed by atoms with van der Waals surface area (Å²) in [5.74, 6) is -0.541. The Morgan fingerprint density at radius 3 is 2.67 bits per heavy atom. The van der Waals surface area contributed by atoms with Crippen LogP contribution in [0, 0.1) is 0 Å². The Bertz CT molecular complexity index is 478. The van der Waals surface area contributed by atoms with Gasteiger partial charge in [0.2, 0.25) is 0 Å². The van der Waals surface area contributed by atoms with Crippen LogP contribution in [0.5, 0.6) is 0 Å². The first-order valence-corrected chi connectivity index (χ1v) is 6.65. The molecule has 0 saturated heterocycles. The van der Waals surface area contributed by atoms with Crippen molar-refractivity contribution >= 4 is 18.1 Å². The number of anilines is 1. The lowest BCUT2D eigenvalue weighted by atomic mass is 10.2. The Morgan fingerprint density at radius 1 is 1.33 bits per heavy atom. The summed E-state index contributed by atoms with van der Waals surface area (Å²) < 4.78 is 14.9. The normalized spacial score (nSPS) is 10.9. The van der Waals surface area contributed by atoms with Crippen LogP contribution < -0.4 is 10.6 Å². The quantitative estimate of drug-likeness (QED) is 0.609. The van der Waals surface area contributed by atoms with Gasteiger partial charge >= 0.3 is 12.1 Å². The number of alkyl carbamates (subject to hydrolysis) is 1. The molecule has 1 heterocycles. The molecule has 0 aliphatic carbocycles. The van der Waals surface area contributed by atoms with E-state index in [0.717, 1.165) is 0 Å². The van der Waals surface area contributed by atoms with Crippen molar-refractivity contribution in [3.05, 3.63) is 12.0 Å². The van der Waals surface area contributed by atoms with Crippen molar-refractivity contribution in [1.29, 1.82) is 0 Å². The molecule has 8 heteroatoms. The minimum absolute atomic E-state index is 0.0967. The maximum Gasteiger partial charge on any atom is 0.407 e. The van der Waals surface area contributed by atoms with E-state index in [1.165, 1.54) is 6.26 Å². The largest absolute Gasteiger partial charge is 0.461 e. The molecule has 1 rings (SSSR count). The highest BCUT2D eigenvalue weighted by molar-refractivity contribution is 5.87. The number of rotatable bonds is 6. The van der Waals surface area contributed by atoms with Crippen molar-refractivity contribution in [2.75, 3.05) is 25.0 Å². The number of oxazole rings is 1. The molecule has 1 amide bonds. The third-order valence-electron chi connectivity index (χ3n) is 2.06. The fourth-order valence-electron chi connectivity index (χ4n) is 1.30. The SMILES string of the molecule is CCOC(=O)c1coc(NCCNC(=O)OC(C)(C)C)n1. The van der Waals surface area contributed by atoms with E-state index in [2.05, 4.69) is 15.6 Å². The van der Waals surface area contributed by atoms with E-state index in [1.807, 2.05) is 0 Å². The van der Waals surface area contributed by atoms with Crippen molar-refractivity contribution < 1.29 is 23.5 Å². The average molecular weight is 299 g/mol. The molecular weight excluding hydrogens is 278 g/mol. The fraction of sp³-hybridized carbons (Fsp3) is 0.615. The highest BCUT2D eigenvalue weighted by Crippen LogP contribution is 2.08. The number of aromatic nitrogens is 1. The first-order valence-electron chi connectivity index (χ1n) is 6.65. The molecule has 1 aromatic heterocycles. The minimum atomic E-state index is -0.541. The van der Waals surface area contributed by atoms with Gasteiger partial charge < -0.3 is 24.5 Å². The second-order valence-electron chi connectivity index (χ2n) is 5.11. The zero-order valence-corrected chi connectivity index (χ0v) is 12.7. The molecule has 0 atom stereocenters. The zero-order chi connectivity index (χ0) is 15.9. The topological polar surface area (TPSA) is 103 Å². The second-order valence-corrected chi connectivity index (χ2v) is 5.11. The van der Waals surface area contributed by atoms with Crippen LogP contribution in [0.25, 0.3) is 0 Å². The standard InChI is InChI=1S/C13H21N3O5/c1-5-19-10(17)9-8-20-11(16-9)14-6-7-15-12(18)21-13(2,3)4/h8H,5-7H2,1-4H3,(H,14,16)(H,15,18). The summed E-state index contributed by atoms with van der Waals surface area (Å²) in [7, 11) is 0. The molecule has 0 radical (unpaired) electrons. The van der Waals surface area contributed by atoms with Gasteiger partial charge in [0.05, 0.1) is 6.61 Å². The maximum absolute atomic E-state index is 11.4. The summed E-state index contributed by atoms with van der Waals surface area (Å²) in [5.41, 5.74) is -0.436. The number of hydrogen-bond acceptors (Lipinski definition) is 7. The van der Waals surface area contributed by atoms with Crippen molar-refractivity contribution in [1.82, 2.24) is 10.3 Å². The number of nitrogens with one attached hydrogen (secondary N) is 2. The van der Waals surface area contributed by atoms with Crippen molar-refractivity contribution in [2.24, 2.45) is 0 Å². The number of ether oxygens (including phenoxy) is 2. The van der Waals surface area contributed by atoms with Crippen LogP contribution in [0.3, 0.4) is 0 Å². The predicted molar refractivity (Wildman–Crippen MR) is 75.2 cm³/mol. The van der Waals surface area contributed by atoms with Crippen LogP contribution in [0.4, 0.5) is 10.8 Å². The molecule has 0 fully saturated rings. The number of amides is 1. The molecule has 0 aromatic carbocycles. The van der Waals surface area contributed by atoms with Gasteiger partial charge in [-0.05, 0) is 27.7 Å². The van der Waals surface area contributed by atoms with E-state index >= 15 is 0 Å². The summed E-state index contributed by atoms with van der Waals surface area (Å²) in [6.07, 6.45) is 0.714. The number of nitrogens with zero attached hydrogens (tertiary/aromatic N) is 1. The van der Waals surface area contributed by atoms with Crippen LogP contribution in [-0.2, 0) is 9.47 Å². The van der Waals surface area contributed by atoms with Gasteiger partial charge in [0.25, 0.3) is 6.01 Å². The van der Waals surface area contributed by atoms with Gasteiger partial charge in [0.15, 0.2) is 5.69 Å². The molecule has 21 heavy (non-hydrogen) atoms. The van der Waals surface area contributed by atoms with Gasteiger partial charge in [-0.25, -0.2) is 9.59 Å². The van der Waals surface area contributed by atoms with E-state index in [1.54, 1.807) is 27.7 Å². The monoisotopic (exact) mass is 299 g/mol. The lowest BCUT2D eigenvalue weighted by Gasteiger charge is -2.19. The summed E-state index contributed by atoms with van der Waals surface area (Å²) in [6.45, 7) is 8.04. The van der Waals surface area contributed by atoms with Crippen LogP contribution in [-0.4, -0.2) is 42.3 Å². The Morgan fingerprint density at radius 2 is 2.05 bits per heavy atom. The second kappa shape index (κ2) is 7.51. The molecule has 0 bridgehead atoms. The van der Waals surface area contributed by atoms with Crippen molar-refractivity contribution in [2.45, 2.75) is 33.3 Å². The van der Waals surface area contributed by atoms with Gasteiger partial charge in [-0.3, -0.25) is 0 Å². The zero-order valence-electron chi connectivity index (χ0n) is 12.7. The number of hydrogen-bond donors (Lipinski definition) is 2. The fourth-order valence-corrected chi connectivity index (χ4v) is 1.30. The molecular formula is C13H21N3O5. The Labute approximate surface area is 123 Å². The summed E-state index contributed by atoms with van der Waals surface area (Å²) in [4.78, 5) is 26.6. The van der Waals surface area contributed by atoms with Gasteiger partial charge in [-0.15, -0.1) is 0 Å². The smallest absolute Gasteiger partial charge is 0.407 e. The van der Waals surface area contributed by atoms with E-state index in [9.17, 15) is 9.59 Å². The highest BCUT2D eigenvalue weighted by Gasteiger charge is 2.16. The highest BCUT2D eigenvalue weighted by atomic mass is 16.6. The molecule has 0 spiro atoms. The maximum atomic E-state index is 11.4. The average Bonchev–Trinajstić information content (AvgIpc) is 2.81.